The van der Waals surface area contributed by atoms with E-state index in [4.69, 9.17) is 4.99 Å². The fourth-order valence-corrected chi connectivity index (χ4v) is 5.07. The van der Waals surface area contributed by atoms with E-state index in [0.717, 1.165) is 78.6 Å². The molecule has 33 heavy (non-hydrogen) atoms. The molecule has 2 aromatic rings. The fourth-order valence-electron chi connectivity index (χ4n) is 5.07. The van der Waals surface area contributed by atoms with Crippen molar-refractivity contribution >= 4 is 23.5 Å². The van der Waals surface area contributed by atoms with Crippen molar-refractivity contribution in [2.24, 2.45) is 10.1 Å². The van der Waals surface area contributed by atoms with Crippen LogP contribution in [0.15, 0.2) is 70.6 Å². The van der Waals surface area contributed by atoms with Crippen LogP contribution in [0.25, 0.3) is 16.7 Å². The summed E-state index contributed by atoms with van der Waals surface area (Å²) in [6.07, 6.45) is 10.6. The van der Waals surface area contributed by atoms with Crippen LogP contribution in [-0.4, -0.2) is 28.4 Å². The van der Waals surface area contributed by atoms with Crippen molar-refractivity contribution in [1.82, 2.24) is 10.3 Å². The molecule has 1 spiro atoms. The molecule has 3 aliphatic rings. The molecule has 1 saturated carbocycles. The molecule has 0 radical (unpaired) electrons. The maximum absolute atomic E-state index is 13.4. The summed E-state index contributed by atoms with van der Waals surface area (Å²) in [5, 5.41) is 4.13. The third kappa shape index (κ3) is 4.17. The second-order valence-electron chi connectivity index (χ2n) is 9.09. The van der Waals surface area contributed by atoms with E-state index in [9.17, 15) is 4.79 Å². The van der Waals surface area contributed by atoms with E-state index in [2.05, 4.69) is 65.6 Å². The Morgan fingerprint density at radius 3 is 2.52 bits per heavy atom. The van der Waals surface area contributed by atoms with Gasteiger partial charge in [-0.05, 0) is 41.5 Å². The molecule has 1 amide bonds. The lowest BCUT2D eigenvalue weighted by molar-refractivity contribution is -0.131. The number of hydrogen-bond acceptors (Lipinski definition) is 4. The van der Waals surface area contributed by atoms with Crippen molar-refractivity contribution in [3.63, 3.8) is 0 Å². The van der Waals surface area contributed by atoms with Gasteiger partial charge in [0, 0.05) is 12.0 Å². The Labute approximate surface area is 195 Å². The number of carbonyl (C=O) groups excluding carboxylic acids is 1. The van der Waals surface area contributed by atoms with Crippen LogP contribution in [0.3, 0.4) is 0 Å². The minimum Gasteiger partial charge on any atom is -0.294 e. The molecule has 1 aliphatic carbocycles. The van der Waals surface area contributed by atoms with E-state index >= 15 is 0 Å². The number of nitrogens with one attached hydrogen (secondary N) is 1. The second kappa shape index (κ2) is 9.21. The van der Waals surface area contributed by atoms with Crippen molar-refractivity contribution in [3.05, 3.63) is 71.6 Å². The molecule has 0 bridgehead atoms. The molecule has 2 aromatic carbocycles. The molecule has 2 heterocycles. The molecule has 0 atom stereocenters. The summed E-state index contributed by atoms with van der Waals surface area (Å²) in [6, 6.07) is 16.9. The van der Waals surface area contributed by atoms with E-state index in [-0.39, 0.29) is 5.91 Å². The number of benzene rings is 2. The molecule has 0 aromatic heterocycles. The summed E-state index contributed by atoms with van der Waals surface area (Å²) in [5.74, 6) is 1.20. The summed E-state index contributed by atoms with van der Waals surface area (Å²) in [4.78, 5) is 20.4. The summed E-state index contributed by atoms with van der Waals surface area (Å²) in [5.41, 5.74) is 11.0. The monoisotopic (exact) mass is 438 g/mol. The highest BCUT2D eigenvalue weighted by Crippen LogP contribution is 2.40. The smallest absolute Gasteiger partial charge is 0.256 e. The molecular weight excluding hydrogens is 408 g/mol. The third-order valence-electron chi connectivity index (χ3n) is 6.87. The van der Waals surface area contributed by atoms with E-state index in [0.29, 0.717) is 6.54 Å². The van der Waals surface area contributed by atoms with Gasteiger partial charge in [-0.1, -0.05) is 80.4 Å². The molecule has 5 nitrogen and oxygen atoms in total. The lowest BCUT2D eigenvalue weighted by Crippen LogP contribution is -2.40. The van der Waals surface area contributed by atoms with Gasteiger partial charge >= 0.3 is 0 Å². The first kappa shape index (κ1) is 21.4. The minimum atomic E-state index is -0.473. The molecule has 2 aliphatic heterocycles. The summed E-state index contributed by atoms with van der Waals surface area (Å²) < 4.78 is 0. The Balaban J connectivity index is 1.39. The van der Waals surface area contributed by atoms with Gasteiger partial charge in [0.25, 0.3) is 5.91 Å². The Bertz CT molecular complexity index is 1160. The zero-order valence-corrected chi connectivity index (χ0v) is 19.2. The van der Waals surface area contributed by atoms with Crippen LogP contribution in [0.1, 0.15) is 63.0 Å². The summed E-state index contributed by atoms with van der Waals surface area (Å²) in [7, 11) is 0. The van der Waals surface area contributed by atoms with Gasteiger partial charge in [-0.15, -0.1) is 0 Å². The Hall–Kier alpha value is -3.43. The first-order chi connectivity index (χ1) is 16.2. The number of allylic oxidation sites excluding steroid dienone is 1. The van der Waals surface area contributed by atoms with Gasteiger partial charge in [0.1, 0.15) is 11.4 Å². The van der Waals surface area contributed by atoms with E-state index in [1.165, 1.54) is 0 Å². The number of unbranched alkanes of at least 4 members (excludes halogenated alkanes) is 1. The largest absolute Gasteiger partial charge is 0.294 e. The lowest BCUT2D eigenvalue weighted by Gasteiger charge is -2.23. The Morgan fingerprint density at radius 2 is 1.82 bits per heavy atom. The van der Waals surface area contributed by atoms with Crippen LogP contribution >= 0.6 is 0 Å². The van der Waals surface area contributed by atoms with Crippen molar-refractivity contribution in [3.8, 4) is 11.1 Å². The van der Waals surface area contributed by atoms with Crippen molar-refractivity contribution < 1.29 is 4.79 Å². The number of hydrazone groups is 1. The highest BCUT2D eigenvalue weighted by atomic mass is 16.2. The molecule has 5 heteroatoms. The maximum Gasteiger partial charge on any atom is 0.256 e. The van der Waals surface area contributed by atoms with Crippen LogP contribution in [0.5, 0.6) is 0 Å². The van der Waals surface area contributed by atoms with Gasteiger partial charge in [-0.3, -0.25) is 20.1 Å². The van der Waals surface area contributed by atoms with Gasteiger partial charge < -0.3 is 0 Å². The summed E-state index contributed by atoms with van der Waals surface area (Å²) in [6.45, 7) is 2.78. The molecule has 0 saturated heterocycles. The number of hydrogen-bond donors (Lipinski definition) is 1. The topological polar surface area (TPSA) is 57.1 Å². The third-order valence-corrected chi connectivity index (χ3v) is 6.87. The second-order valence-corrected chi connectivity index (χ2v) is 9.09. The van der Waals surface area contributed by atoms with E-state index in [1.54, 1.807) is 12.4 Å². The van der Waals surface area contributed by atoms with Crippen LogP contribution < -0.4 is 5.43 Å². The van der Waals surface area contributed by atoms with Crippen LogP contribution in [-0.2, 0) is 11.3 Å². The van der Waals surface area contributed by atoms with Crippen LogP contribution in [0.2, 0.25) is 0 Å². The number of amides is 1. The normalized spacial score (nSPS) is 18.6. The predicted molar refractivity (Wildman–Crippen MR) is 134 cm³/mol. The standard InChI is InChI=1S/C28H30N4O/c1-2-3-10-26-31-28(16-6-7-17-28)27(33)32(26)20-21-11-13-22(14-12-21)24-8-4-5-9-25(24)23-15-18-29-30-19-23/h4-5,8-9,11-14,18-19,29H,2-3,6-7,10,16-17,20H2,1H3. The van der Waals surface area contributed by atoms with Gasteiger partial charge in [-0.25, -0.2) is 0 Å². The van der Waals surface area contributed by atoms with E-state index in [1.807, 2.05) is 11.0 Å². The van der Waals surface area contributed by atoms with Crippen molar-refractivity contribution in [2.45, 2.75) is 64.0 Å². The number of carbonyl (C=O) groups is 1. The SMILES string of the molecule is CCCCC1=NC2(CCCC2)C(=O)N1Cc1ccc(-c2ccccc2C2=C=CNN=C2)cc1. The van der Waals surface area contributed by atoms with Crippen molar-refractivity contribution in [2.75, 3.05) is 0 Å². The van der Waals surface area contributed by atoms with Gasteiger partial charge in [-0.2, -0.15) is 5.10 Å². The molecule has 5 rings (SSSR count). The number of rotatable bonds is 7. The number of aliphatic imine (C=N–C) groups is 1. The fraction of sp³-hybridized carbons (Fsp3) is 0.357. The first-order valence-corrected chi connectivity index (χ1v) is 12.0. The number of nitrogens with zero attached hydrogens (tertiary/aromatic N) is 3. The maximum atomic E-state index is 13.4. The minimum absolute atomic E-state index is 0.212. The van der Waals surface area contributed by atoms with Crippen LogP contribution in [0, 0.1) is 0 Å². The average molecular weight is 439 g/mol. The van der Waals surface area contributed by atoms with Gasteiger partial charge in [0.2, 0.25) is 0 Å². The van der Waals surface area contributed by atoms with Crippen LogP contribution in [0.4, 0.5) is 0 Å². The number of amidine groups is 1. The zero-order chi connectivity index (χ0) is 22.7. The first-order valence-electron chi connectivity index (χ1n) is 12.0. The van der Waals surface area contributed by atoms with E-state index < -0.39 is 5.54 Å². The van der Waals surface area contributed by atoms with Gasteiger partial charge in [0.05, 0.1) is 19.0 Å². The summed E-state index contributed by atoms with van der Waals surface area (Å²) >= 11 is 0. The lowest BCUT2D eigenvalue weighted by atomic mass is 9.94. The molecule has 1 N–H and O–H groups in total. The Morgan fingerprint density at radius 1 is 1.06 bits per heavy atom. The molecule has 0 unspecified atom stereocenters. The zero-order valence-electron chi connectivity index (χ0n) is 19.2. The average Bonchev–Trinajstić information content (AvgIpc) is 3.44. The Kier molecular flexibility index (Phi) is 5.97. The highest BCUT2D eigenvalue weighted by Gasteiger charge is 2.49. The quantitative estimate of drug-likeness (QED) is 0.565. The van der Waals surface area contributed by atoms with Crippen molar-refractivity contribution in [1.29, 1.82) is 0 Å². The molecule has 1 fully saturated rings. The van der Waals surface area contributed by atoms with Gasteiger partial charge in [0.15, 0.2) is 0 Å². The molecular formula is C28H30N4O. The highest BCUT2D eigenvalue weighted by molar-refractivity contribution is 6.12. The predicted octanol–water partition coefficient (Wildman–Crippen LogP) is 5.68. The molecule has 168 valence electrons.